The van der Waals surface area contributed by atoms with Crippen molar-refractivity contribution in [1.82, 2.24) is 16.0 Å². The molecule has 0 aromatic carbocycles. The first-order valence-electron chi connectivity index (χ1n) is 9.33. The first kappa shape index (κ1) is 26.3. The quantitative estimate of drug-likeness (QED) is 0.146. The molecular weight excluding hydrogens is 384 g/mol. The summed E-state index contributed by atoms with van der Waals surface area (Å²) >= 11 is 0. The first-order valence-corrected chi connectivity index (χ1v) is 9.33. The van der Waals surface area contributed by atoms with Crippen LogP contribution in [0.4, 0.5) is 0 Å². The number of rotatable bonds is 14. The number of unbranched alkanes of at least 4 members (excludes halogenated alkanes) is 1. The monoisotopic (exact) mass is 416 g/mol. The molecule has 0 rings (SSSR count). The van der Waals surface area contributed by atoms with Crippen molar-refractivity contribution in [1.29, 1.82) is 0 Å². The van der Waals surface area contributed by atoms with E-state index in [0.717, 1.165) is 0 Å². The van der Waals surface area contributed by atoms with E-state index in [1.54, 1.807) is 13.8 Å². The fraction of sp³-hybridized carbons (Fsp3) is 0.706. The molecule has 0 aliphatic carbocycles. The Morgan fingerprint density at radius 2 is 1.59 bits per heavy atom. The SMILES string of the molecule is CC(C)C(N)C(=O)NC(CC(N)=O)C(=O)NCC(=O)NC(CCCCN)C(=O)O. The van der Waals surface area contributed by atoms with E-state index in [9.17, 15) is 24.0 Å². The fourth-order valence-corrected chi connectivity index (χ4v) is 2.27. The van der Waals surface area contributed by atoms with Crippen LogP contribution in [-0.2, 0) is 24.0 Å². The zero-order valence-electron chi connectivity index (χ0n) is 16.8. The maximum atomic E-state index is 12.3. The van der Waals surface area contributed by atoms with Crippen LogP contribution in [0.15, 0.2) is 0 Å². The van der Waals surface area contributed by atoms with E-state index < -0.39 is 60.7 Å². The summed E-state index contributed by atoms with van der Waals surface area (Å²) in [5.41, 5.74) is 16.2. The minimum Gasteiger partial charge on any atom is -0.480 e. The summed E-state index contributed by atoms with van der Waals surface area (Å²) in [6.45, 7) is 3.29. The van der Waals surface area contributed by atoms with Gasteiger partial charge >= 0.3 is 5.97 Å². The molecular formula is C17H32N6O6. The molecule has 29 heavy (non-hydrogen) atoms. The van der Waals surface area contributed by atoms with E-state index in [-0.39, 0.29) is 12.3 Å². The van der Waals surface area contributed by atoms with E-state index in [1.807, 2.05) is 0 Å². The fourth-order valence-electron chi connectivity index (χ4n) is 2.27. The summed E-state index contributed by atoms with van der Waals surface area (Å²) in [5.74, 6) is -4.44. The molecule has 12 nitrogen and oxygen atoms in total. The third-order valence-corrected chi connectivity index (χ3v) is 4.06. The van der Waals surface area contributed by atoms with Gasteiger partial charge in [-0.2, -0.15) is 0 Å². The Kier molecular flexibility index (Phi) is 12.2. The minimum atomic E-state index is -1.31. The average molecular weight is 416 g/mol. The van der Waals surface area contributed by atoms with Crippen molar-refractivity contribution in [2.24, 2.45) is 23.1 Å². The molecule has 0 saturated heterocycles. The Morgan fingerprint density at radius 3 is 2.07 bits per heavy atom. The molecule has 3 atom stereocenters. The lowest BCUT2D eigenvalue weighted by atomic mass is 10.0. The third-order valence-electron chi connectivity index (χ3n) is 4.06. The summed E-state index contributed by atoms with van der Waals surface area (Å²) in [4.78, 5) is 58.6. The van der Waals surface area contributed by atoms with Crippen LogP contribution in [0.1, 0.15) is 39.5 Å². The molecule has 0 aliphatic heterocycles. The maximum Gasteiger partial charge on any atom is 0.326 e. The lowest BCUT2D eigenvalue weighted by Gasteiger charge is -2.21. The summed E-state index contributed by atoms with van der Waals surface area (Å²) < 4.78 is 0. The van der Waals surface area contributed by atoms with Crippen molar-refractivity contribution in [2.45, 2.75) is 57.7 Å². The number of amides is 4. The highest BCUT2D eigenvalue weighted by Crippen LogP contribution is 2.02. The molecule has 0 bridgehead atoms. The van der Waals surface area contributed by atoms with E-state index in [2.05, 4.69) is 16.0 Å². The summed E-state index contributed by atoms with van der Waals surface area (Å²) in [7, 11) is 0. The molecule has 0 heterocycles. The number of carboxylic acid groups (broad SMARTS) is 1. The summed E-state index contributed by atoms with van der Waals surface area (Å²) in [6.07, 6.45) is 0.840. The lowest BCUT2D eigenvalue weighted by molar-refractivity contribution is -0.142. The molecule has 12 heteroatoms. The number of carboxylic acids is 1. The standard InChI is InChI=1S/C17H32N6O6/c1-9(2)14(20)16(27)23-11(7-12(19)24)15(26)21-8-13(25)22-10(17(28)29)5-3-4-6-18/h9-11,14H,3-8,18,20H2,1-2H3,(H2,19,24)(H,21,26)(H,22,25)(H,23,27)(H,28,29). The van der Waals surface area contributed by atoms with E-state index >= 15 is 0 Å². The highest BCUT2D eigenvalue weighted by molar-refractivity contribution is 5.95. The smallest absolute Gasteiger partial charge is 0.326 e. The van der Waals surface area contributed by atoms with E-state index in [1.165, 1.54) is 0 Å². The Balaban J connectivity index is 4.79. The number of carbonyl (C=O) groups is 5. The van der Waals surface area contributed by atoms with Crippen LogP contribution in [-0.4, -0.2) is 65.9 Å². The average Bonchev–Trinajstić information content (AvgIpc) is 2.63. The molecule has 166 valence electrons. The van der Waals surface area contributed by atoms with Crippen molar-refractivity contribution in [3.63, 3.8) is 0 Å². The molecule has 0 radical (unpaired) electrons. The van der Waals surface area contributed by atoms with Gasteiger partial charge in [0.25, 0.3) is 0 Å². The van der Waals surface area contributed by atoms with Crippen LogP contribution in [0.3, 0.4) is 0 Å². The molecule has 4 amide bonds. The van der Waals surface area contributed by atoms with E-state index in [4.69, 9.17) is 22.3 Å². The van der Waals surface area contributed by atoms with Crippen molar-refractivity contribution in [3.8, 4) is 0 Å². The summed E-state index contributed by atoms with van der Waals surface area (Å²) in [5, 5.41) is 16.0. The van der Waals surface area contributed by atoms with Crippen molar-refractivity contribution >= 4 is 29.6 Å². The van der Waals surface area contributed by atoms with Crippen molar-refractivity contribution < 1.29 is 29.1 Å². The number of aliphatic carboxylic acids is 1. The van der Waals surface area contributed by atoms with Gasteiger partial charge in [-0.25, -0.2) is 4.79 Å². The molecule has 3 unspecified atom stereocenters. The third kappa shape index (κ3) is 11.0. The van der Waals surface area contributed by atoms with Crippen LogP contribution in [0.5, 0.6) is 0 Å². The lowest BCUT2D eigenvalue weighted by Crippen LogP contribution is -2.55. The van der Waals surface area contributed by atoms with Crippen molar-refractivity contribution in [3.05, 3.63) is 0 Å². The second-order valence-electron chi connectivity index (χ2n) is 6.96. The minimum absolute atomic E-state index is 0.194. The van der Waals surface area contributed by atoms with Crippen LogP contribution in [0, 0.1) is 5.92 Å². The van der Waals surface area contributed by atoms with Crippen LogP contribution >= 0.6 is 0 Å². The van der Waals surface area contributed by atoms with Gasteiger partial charge in [-0.05, 0) is 31.7 Å². The van der Waals surface area contributed by atoms with Gasteiger partial charge in [-0.15, -0.1) is 0 Å². The maximum absolute atomic E-state index is 12.3. The van der Waals surface area contributed by atoms with Gasteiger partial charge in [0.2, 0.25) is 23.6 Å². The molecule has 0 aromatic rings. The molecule has 0 aliphatic rings. The largest absolute Gasteiger partial charge is 0.480 e. The first-order chi connectivity index (χ1) is 13.5. The number of nitrogens with one attached hydrogen (secondary N) is 3. The van der Waals surface area contributed by atoms with Crippen molar-refractivity contribution in [2.75, 3.05) is 13.1 Å². The van der Waals surface area contributed by atoms with Gasteiger partial charge in [-0.1, -0.05) is 13.8 Å². The zero-order valence-corrected chi connectivity index (χ0v) is 16.8. The molecule has 10 N–H and O–H groups in total. The molecule has 0 saturated carbocycles. The number of hydrogen-bond acceptors (Lipinski definition) is 7. The van der Waals surface area contributed by atoms with Crippen LogP contribution in [0.25, 0.3) is 0 Å². The number of carbonyl (C=O) groups excluding carboxylic acids is 4. The zero-order chi connectivity index (χ0) is 22.6. The van der Waals surface area contributed by atoms with Gasteiger partial charge in [0.1, 0.15) is 12.1 Å². The summed E-state index contributed by atoms with van der Waals surface area (Å²) in [6, 6.07) is -3.32. The number of nitrogens with two attached hydrogens (primary N) is 3. The van der Waals surface area contributed by atoms with E-state index in [0.29, 0.717) is 19.4 Å². The van der Waals surface area contributed by atoms with Gasteiger partial charge in [0.15, 0.2) is 0 Å². The highest BCUT2D eigenvalue weighted by Gasteiger charge is 2.27. The second-order valence-corrected chi connectivity index (χ2v) is 6.96. The molecule has 0 spiro atoms. The normalized spacial score (nSPS) is 13.8. The topological polar surface area (TPSA) is 220 Å². The van der Waals surface area contributed by atoms with Gasteiger partial charge in [0.05, 0.1) is 19.0 Å². The Labute approximate surface area is 169 Å². The van der Waals surface area contributed by atoms with Gasteiger partial charge in [0, 0.05) is 0 Å². The van der Waals surface area contributed by atoms with Gasteiger partial charge in [-0.3, -0.25) is 19.2 Å². The Hall–Kier alpha value is -2.73. The number of primary amides is 1. The van der Waals surface area contributed by atoms with Crippen LogP contribution in [0.2, 0.25) is 0 Å². The Bertz CT molecular complexity index is 597. The highest BCUT2D eigenvalue weighted by atomic mass is 16.4. The molecule has 0 aromatic heterocycles. The molecule has 0 fully saturated rings. The van der Waals surface area contributed by atoms with Gasteiger partial charge < -0.3 is 38.3 Å². The van der Waals surface area contributed by atoms with Crippen LogP contribution < -0.4 is 33.2 Å². The number of hydrogen-bond donors (Lipinski definition) is 7. The predicted octanol–water partition coefficient (Wildman–Crippen LogP) is -2.86. The second kappa shape index (κ2) is 13.4. The Morgan fingerprint density at radius 1 is 0.966 bits per heavy atom. The predicted molar refractivity (Wildman–Crippen MR) is 104 cm³/mol.